The highest BCUT2D eigenvalue weighted by molar-refractivity contribution is 6.09. The number of nitro benzene ring substituents is 1. The van der Waals surface area contributed by atoms with Crippen molar-refractivity contribution in [1.29, 1.82) is 0 Å². The first kappa shape index (κ1) is 13.5. The summed E-state index contributed by atoms with van der Waals surface area (Å²) in [5.74, 6) is -0.431. The van der Waals surface area contributed by atoms with Gasteiger partial charge in [-0.15, -0.1) is 0 Å². The maximum atomic E-state index is 12.3. The van der Waals surface area contributed by atoms with Crippen LogP contribution in [0.2, 0.25) is 0 Å². The molecule has 1 aromatic carbocycles. The van der Waals surface area contributed by atoms with E-state index in [0.717, 1.165) is 0 Å². The van der Waals surface area contributed by atoms with Gasteiger partial charge >= 0.3 is 0 Å². The van der Waals surface area contributed by atoms with Gasteiger partial charge < -0.3 is 10.6 Å². The molecule has 0 aliphatic rings. The number of nitro groups is 1. The van der Waals surface area contributed by atoms with Crippen LogP contribution in [0.5, 0.6) is 0 Å². The predicted molar refractivity (Wildman–Crippen MR) is 74.5 cm³/mol. The second kappa shape index (κ2) is 5.35. The molecule has 2 aromatic rings. The van der Waals surface area contributed by atoms with Gasteiger partial charge in [0.15, 0.2) is 0 Å². The molecule has 0 saturated heterocycles. The fraction of sp³-hybridized carbons (Fsp3) is 0.0769. The Kier molecular flexibility index (Phi) is 3.60. The lowest BCUT2D eigenvalue weighted by atomic mass is 10.1. The average Bonchev–Trinajstić information content (AvgIpc) is 2.47. The van der Waals surface area contributed by atoms with Gasteiger partial charge in [-0.3, -0.25) is 19.9 Å². The number of amides is 1. The summed E-state index contributed by atoms with van der Waals surface area (Å²) >= 11 is 0. The Morgan fingerprint density at radius 3 is 2.75 bits per heavy atom. The van der Waals surface area contributed by atoms with Gasteiger partial charge in [0.05, 0.1) is 22.4 Å². The first-order valence-electron chi connectivity index (χ1n) is 5.72. The topological polar surface area (TPSA) is 102 Å². The summed E-state index contributed by atoms with van der Waals surface area (Å²) in [6, 6.07) is 7.18. The summed E-state index contributed by atoms with van der Waals surface area (Å²) in [6.45, 7) is 0. The van der Waals surface area contributed by atoms with Crippen molar-refractivity contribution in [3.63, 3.8) is 0 Å². The molecule has 1 heterocycles. The molecular formula is C13H12N4O3. The minimum atomic E-state index is -0.569. The number of pyridine rings is 1. The Morgan fingerprint density at radius 2 is 2.15 bits per heavy atom. The second-order valence-electron chi connectivity index (χ2n) is 4.10. The number of nitrogens with zero attached hydrogens (tertiary/aromatic N) is 3. The highest BCUT2D eigenvalue weighted by atomic mass is 16.6. The molecule has 7 nitrogen and oxygen atoms in total. The summed E-state index contributed by atoms with van der Waals surface area (Å²) in [6.07, 6.45) is 3.11. The first-order chi connectivity index (χ1) is 9.50. The Morgan fingerprint density at radius 1 is 1.40 bits per heavy atom. The predicted octanol–water partition coefficient (Wildman–Crippen LogP) is 1.85. The summed E-state index contributed by atoms with van der Waals surface area (Å²) in [7, 11) is 1.55. The molecule has 0 atom stereocenters. The van der Waals surface area contributed by atoms with Crippen LogP contribution in [-0.4, -0.2) is 22.9 Å². The molecule has 0 spiro atoms. The maximum absolute atomic E-state index is 12.3. The molecule has 0 aliphatic carbocycles. The molecule has 1 amide bonds. The van der Waals surface area contributed by atoms with E-state index in [9.17, 15) is 14.9 Å². The minimum Gasteiger partial charge on any atom is -0.398 e. The number of carbonyl (C=O) groups is 1. The van der Waals surface area contributed by atoms with Crippen molar-refractivity contribution >= 4 is 23.0 Å². The summed E-state index contributed by atoms with van der Waals surface area (Å²) in [5.41, 5.74) is 6.39. The van der Waals surface area contributed by atoms with Crippen LogP contribution in [0.3, 0.4) is 0 Å². The number of nitrogens with two attached hydrogens (primary N) is 1. The number of aromatic nitrogens is 1. The molecule has 0 bridgehead atoms. The zero-order valence-electron chi connectivity index (χ0n) is 10.7. The monoisotopic (exact) mass is 272 g/mol. The van der Waals surface area contributed by atoms with Crippen LogP contribution < -0.4 is 10.6 Å². The highest BCUT2D eigenvalue weighted by Gasteiger charge is 2.19. The van der Waals surface area contributed by atoms with Crippen molar-refractivity contribution in [2.24, 2.45) is 0 Å². The van der Waals surface area contributed by atoms with Crippen LogP contribution in [0.1, 0.15) is 10.4 Å². The Bertz CT molecular complexity index is 658. The molecule has 0 saturated carbocycles. The van der Waals surface area contributed by atoms with E-state index in [4.69, 9.17) is 5.73 Å². The van der Waals surface area contributed by atoms with Crippen molar-refractivity contribution < 1.29 is 9.72 Å². The molecule has 2 rings (SSSR count). The van der Waals surface area contributed by atoms with Gasteiger partial charge in [-0.1, -0.05) is 0 Å². The number of carbonyl (C=O) groups excluding carboxylic acids is 1. The van der Waals surface area contributed by atoms with E-state index in [1.165, 1.54) is 29.3 Å². The van der Waals surface area contributed by atoms with Crippen molar-refractivity contribution in [2.45, 2.75) is 0 Å². The van der Waals surface area contributed by atoms with Gasteiger partial charge in [0.25, 0.3) is 11.6 Å². The quantitative estimate of drug-likeness (QED) is 0.521. The van der Waals surface area contributed by atoms with E-state index in [1.807, 2.05) is 0 Å². The van der Waals surface area contributed by atoms with Crippen LogP contribution >= 0.6 is 0 Å². The van der Waals surface area contributed by atoms with Crippen molar-refractivity contribution in [2.75, 3.05) is 17.7 Å². The standard InChI is InChI=1S/C13H12N4O3/c1-16(10-3-2-6-15-8-10)13(18)11-7-9(17(19)20)4-5-12(11)14/h2-8H,14H2,1H3. The third-order valence-electron chi connectivity index (χ3n) is 2.82. The summed E-state index contributed by atoms with van der Waals surface area (Å²) < 4.78 is 0. The number of nitrogen functional groups attached to an aromatic ring is 1. The third-order valence-corrected chi connectivity index (χ3v) is 2.82. The molecule has 7 heteroatoms. The molecule has 0 aliphatic heterocycles. The van der Waals surface area contributed by atoms with E-state index in [2.05, 4.69) is 4.98 Å². The number of hydrogen-bond donors (Lipinski definition) is 1. The molecule has 0 fully saturated rings. The van der Waals surface area contributed by atoms with Crippen molar-refractivity contribution in [1.82, 2.24) is 4.98 Å². The smallest absolute Gasteiger partial charge is 0.270 e. The van der Waals surface area contributed by atoms with E-state index in [-0.39, 0.29) is 16.9 Å². The number of non-ortho nitro benzene ring substituents is 1. The average molecular weight is 272 g/mol. The van der Waals surface area contributed by atoms with Gasteiger partial charge in [-0.25, -0.2) is 0 Å². The molecule has 1 aromatic heterocycles. The minimum absolute atomic E-state index is 0.0885. The van der Waals surface area contributed by atoms with E-state index < -0.39 is 10.8 Å². The van der Waals surface area contributed by atoms with Crippen LogP contribution in [0.4, 0.5) is 17.1 Å². The SMILES string of the molecule is CN(C(=O)c1cc([N+](=O)[O-])ccc1N)c1cccnc1. The number of hydrogen-bond acceptors (Lipinski definition) is 5. The fourth-order valence-corrected chi connectivity index (χ4v) is 1.69. The summed E-state index contributed by atoms with van der Waals surface area (Å²) in [4.78, 5) is 27.8. The Labute approximate surface area is 114 Å². The molecule has 0 radical (unpaired) electrons. The number of rotatable bonds is 3. The lowest BCUT2D eigenvalue weighted by Gasteiger charge is -2.17. The van der Waals surface area contributed by atoms with Gasteiger partial charge in [0.2, 0.25) is 0 Å². The van der Waals surface area contributed by atoms with Crippen LogP contribution in [0, 0.1) is 10.1 Å². The van der Waals surface area contributed by atoms with Crippen molar-refractivity contribution in [3.05, 3.63) is 58.4 Å². The van der Waals surface area contributed by atoms with Crippen molar-refractivity contribution in [3.8, 4) is 0 Å². The fourth-order valence-electron chi connectivity index (χ4n) is 1.69. The zero-order valence-corrected chi connectivity index (χ0v) is 10.7. The molecule has 2 N–H and O–H groups in total. The van der Waals surface area contributed by atoms with E-state index in [0.29, 0.717) is 5.69 Å². The summed E-state index contributed by atoms with van der Waals surface area (Å²) in [5, 5.41) is 10.8. The molecular weight excluding hydrogens is 260 g/mol. The second-order valence-corrected chi connectivity index (χ2v) is 4.10. The molecule has 0 unspecified atom stereocenters. The third kappa shape index (κ3) is 2.56. The molecule has 102 valence electrons. The van der Waals surface area contributed by atoms with Gasteiger partial charge in [0, 0.05) is 31.1 Å². The van der Waals surface area contributed by atoms with Crippen LogP contribution in [0.25, 0.3) is 0 Å². The van der Waals surface area contributed by atoms with E-state index >= 15 is 0 Å². The zero-order chi connectivity index (χ0) is 14.7. The van der Waals surface area contributed by atoms with Gasteiger partial charge in [-0.2, -0.15) is 0 Å². The lowest BCUT2D eigenvalue weighted by Crippen LogP contribution is -2.27. The molecule has 20 heavy (non-hydrogen) atoms. The Balaban J connectivity index is 2.38. The number of benzene rings is 1. The normalized spacial score (nSPS) is 10.1. The van der Waals surface area contributed by atoms with E-state index in [1.54, 1.807) is 25.4 Å². The largest absolute Gasteiger partial charge is 0.398 e. The maximum Gasteiger partial charge on any atom is 0.270 e. The van der Waals surface area contributed by atoms with Crippen LogP contribution in [0.15, 0.2) is 42.7 Å². The first-order valence-corrected chi connectivity index (χ1v) is 5.72. The highest BCUT2D eigenvalue weighted by Crippen LogP contribution is 2.22. The lowest BCUT2D eigenvalue weighted by molar-refractivity contribution is -0.384. The van der Waals surface area contributed by atoms with Gasteiger partial charge in [0.1, 0.15) is 0 Å². The number of anilines is 2. The van der Waals surface area contributed by atoms with Gasteiger partial charge in [-0.05, 0) is 18.2 Å². The Hall–Kier alpha value is -2.96. The van der Waals surface area contributed by atoms with Crippen LogP contribution in [-0.2, 0) is 0 Å².